The first-order valence-electron chi connectivity index (χ1n) is 4.41. The molecular formula is C10H17N3. The standard InChI is InChI=1S/C10H17N3/c1-7(2)5-10(11)9-6-13(4)12-8(9)3/h5-6,10H,11H2,1-4H3. The van der Waals surface area contributed by atoms with Gasteiger partial charge in [-0.1, -0.05) is 11.6 Å². The van der Waals surface area contributed by atoms with Gasteiger partial charge in [0.2, 0.25) is 0 Å². The van der Waals surface area contributed by atoms with Gasteiger partial charge >= 0.3 is 0 Å². The molecule has 0 aliphatic rings. The first kappa shape index (κ1) is 9.99. The van der Waals surface area contributed by atoms with Gasteiger partial charge in [0.15, 0.2) is 0 Å². The maximum absolute atomic E-state index is 5.98. The van der Waals surface area contributed by atoms with Crippen molar-refractivity contribution < 1.29 is 0 Å². The molecule has 0 radical (unpaired) electrons. The molecule has 1 unspecified atom stereocenters. The van der Waals surface area contributed by atoms with Gasteiger partial charge in [0, 0.05) is 18.8 Å². The Morgan fingerprint density at radius 1 is 1.62 bits per heavy atom. The SMILES string of the molecule is CC(C)=CC(N)c1cn(C)nc1C. The average Bonchev–Trinajstić information content (AvgIpc) is 2.28. The second kappa shape index (κ2) is 3.75. The van der Waals surface area contributed by atoms with Crippen LogP contribution in [0.2, 0.25) is 0 Å². The van der Waals surface area contributed by atoms with Crippen molar-refractivity contribution in [3.63, 3.8) is 0 Å². The second-order valence-electron chi connectivity index (χ2n) is 3.61. The molecule has 0 fully saturated rings. The Morgan fingerprint density at radius 3 is 2.62 bits per heavy atom. The lowest BCUT2D eigenvalue weighted by atomic mass is 10.1. The number of rotatable bonds is 2. The Morgan fingerprint density at radius 2 is 2.23 bits per heavy atom. The van der Waals surface area contributed by atoms with E-state index < -0.39 is 0 Å². The minimum Gasteiger partial charge on any atom is -0.321 e. The quantitative estimate of drug-likeness (QED) is 0.702. The Kier molecular flexibility index (Phi) is 2.88. The molecule has 1 atom stereocenters. The molecule has 0 bridgehead atoms. The molecule has 0 saturated carbocycles. The van der Waals surface area contributed by atoms with Crippen molar-refractivity contribution in [2.45, 2.75) is 26.8 Å². The van der Waals surface area contributed by atoms with E-state index in [1.807, 2.05) is 40.1 Å². The van der Waals surface area contributed by atoms with Gasteiger partial charge < -0.3 is 5.73 Å². The van der Waals surface area contributed by atoms with E-state index in [0.29, 0.717) is 0 Å². The summed E-state index contributed by atoms with van der Waals surface area (Å²) in [5, 5.41) is 4.25. The zero-order valence-corrected chi connectivity index (χ0v) is 8.70. The molecule has 0 amide bonds. The summed E-state index contributed by atoms with van der Waals surface area (Å²) in [5.74, 6) is 0. The third-order valence-corrected chi connectivity index (χ3v) is 1.92. The summed E-state index contributed by atoms with van der Waals surface area (Å²) in [7, 11) is 1.91. The highest BCUT2D eigenvalue weighted by atomic mass is 15.2. The number of nitrogens with zero attached hydrogens (tertiary/aromatic N) is 2. The van der Waals surface area contributed by atoms with Crippen LogP contribution in [0.1, 0.15) is 31.1 Å². The smallest absolute Gasteiger partial charge is 0.0644 e. The minimum atomic E-state index is -0.0290. The molecule has 1 aromatic rings. The van der Waals surface area contributed by atoms with Crippen LogP contribution in [-0.2, 0) is 7.05 Å². The Hall–Kier alpha value is -1.09. The highest BCUT2D eigenvalue weighted by Crippen LogP contribution is 2.16. The number of aromatic nitrogens is 2. The number of aryl methyl sites for hydroxylation is 2. The van der Waals surface area contributed by atoms with Gasteiger partial charge in [0.1, 0.15) is 0 Å². The molecule has 3 heteroatoms. The van der Waals surface area contributed by atoms with Gasteiger partial charge in [-0.05, 0) is 20.8 Å². The zero-order chi connectivity index (χ0) is 10.0. The van der Waals surface area contributed by atoms with Crippen molar-refractivity contribution in [1.82, 2.24) is 9.78 Å². The van der Waals surface area contributed by atoms with E-state index in [1.54, 1.807) is 4.68 Å². The van der Waals surface area contributed by atoms with Crippen molar-refractivity contribution in [2.24, 2.45) is 12.8 Å². The summed E-state index contributed by atoms with van der Waals surface area (Å²) < 4.78 is 1.80. The molecule has 0 saturated heterocycles. The number of hydrogen-bond acceptors (Lipinski definition) is 2. The monoisotopic (exact) mass is 179 g/mol. The maximum atomic E-state index is 5.98. The molecule has 13 heavy (non-hydrogen) atoms. The predicted molar refractivity (Wildman–Crippen MR) is 54.3 cm³/mol. The van der Waals surface area contributed by atoms with Gasteiger partial charge in [-0.15, -0.1) is 0 Å². The van der Waals surface area contributed by atoms with Gasteiger partial charge in [-0.2, -0.15) is 5.10 Å². The number of hydrogen-bond donors (Lipinski definition) is 1. The van der Waals surface area contributed by atoms with Gasteiger partial charge in [0.05, 0.1) is 11.7 Å². The molecule has 1 rings (SSSR count). The normalized spacial score (nSPS) is 12.7. The summed E-state index contributed by atoms with van der Waals surface area (Å²) in [5.41, 5.74) is 9.32. The molecule has 0 aliphatic heterocycles. The van der Waals surface area contributed by atoms with Crippen molar-refractivity contribution >= 4 is 0 Å². The highest BCUT2D eigenvalue weighted by molar-refractivity contribution is 5.24. The number of allylic oxidation sites excluding steroid dienone is 1. The topological polar surface area (TPSA) is 43.8 Å². The van der Waals surface area contributed by atoms with Crippen LogP contribution < -0.4 is 5.73 Å². The molecule has 72 valence electrons. The fraction of sp³-hybridized carbons (Fsp3) is 0.500. The summed E-state index contributed by atoms with van der Waals surface area (Å²) >= 11 is 0. The van der Waals surface area contributed by atoms with Crippen LogP contribution in [0.5, 0.6) is 0 Å². The lowest BCUT2D eigenvalue weighted by Crippen LogP contribution is -2.07. The van der Waals surface area contributed by atoms with E-state index in [2.05, 4.69) is 5.10 Å². The lowest BCUT2D eigenvalue weighted by molar-refractivity contribution is 0.756. The van der Waals surface area contributed by atoms with Crippen molar-refractivity contribution in [2.75, 3.05) is 0 Å². The highest BCUT2D eigenvalue weighted by Gasteiger charge is 2.08. The summed E-state index contributed by atoms with van der Waals surface area (Å²) in [6, 6.07) is -0.0290. The molecule has 3 nitrogen and oxygen atoms in total. The van der Waals surface area contributed by atoms with Crippen LogP contribution in [-0.4, -0.2) is 9.78 Å². The molecule has 1 heterocycles. The third-order valence-electron chi connectivity index (χ3n) is 1.92. The van der Waals surface area contributed by atoms with Crippen molar-refractivity contribution in [3.05, 3.63) is 29.1 Å². The average molecular weight is 179 g/mol. The van der Waals surface area contributed by atoms with Crippen LogP contribution in [0.25, 0.3) is 0 Å². The van der Waals surface area contributed by atoms with Gasteiger partial charge in [0.25, 0.3) is 0 Å². The molecule has 0 spiro atoms. The first-order valence-corrected chi connectivity index (χ1v) is 4.41. The maximum Gasteiger partial charge on any atom is 0.0644 e. The van der Waals surface area contributed by atoms with Crippen LogP contribution in [0.3, 0.4) is 0 Å². The summed E-state index contributed by atoms with van der Waals surface area (Å²) in [6.45, 7) is 6.07. The molecular weight excluding hydrogens is 162 g/mol. The fourth-order valence-corrected chi connectivity index (χ4v) is 1.39. The summed E-state index contributed by atoms with van der Waals surface area (Å²) in [6.07, 6.45) is 4.02. The minimum absolute atomic E-state index is 0.0290. The van der Waals surface area contributed by atoms with E-state index in [4.69, 9.17) is 5.73 Å². The van der Waals surface area contributed by atoms with E-state index in [1.165, 1.54) is 5.57 Å². The zero-order valence-electron chi connectivity index (χ0n) is 8.70. The van der Waals surface area contributed by atoms with Crippen LogP contribution in [0, 0.1) is 6.92 Å². The van der Waals surface area contributed by atoms with Crippen molar-refractivity contribution in [1.29, 1.82) is 0 Å². The third kappa shape index (κ3) is 2.42. The first-order chi connectivity index (χ1) is 6.00. The van der Waals surface area contributed by atoms with Gasteiger partial charge in [-0.25, -0.2) is 0 Å². The Balaban J connectivity index is 2.94. The Labute approximate surface area is 79.2 Å². The van der Waals surface area contributed by atoms with Gasteiger partial charge in [-0.3, -0.25) is 4.68 Å². The van der Waals surface area contributed by atoms with E-state index in [-0.39, 0.29) is 6.04 Å². The largest absolute Gasteiger partial charge is 0.321 e. The molecule has 0 aromatic carbocycles. The predicted octanol–water partition coefficient (Wildman–Crippen LogP) is 1.69. The Bertz CT molecular complexity index is 319. The fourth-order valence-electron chi connectivity index (χ4n) is 1.39. The van der Waals surface area contributed by atoms with E-state index in [0.717, 1.165) is 11.3 Å². The molecule has 1 aromatic heterocycles. The van der Waals surface area contributed by atoms with E-state index >= 15 is 0 Å². The lowest BCUT2D eigenvalue weighted by Gasteiger charge is -2.05. The number of nitrogens with two attached hydrogens (primary N) is 1. The molecule has 2 N–H and O–H groups in total. The van der Waals surface area contributed by atoms with Crippen LogP contribution >= 0.6 is 0 Å². The van der Waals surface area contributed by atoms with Crippen molar-refractivity contribution in [3.8, 4) is 0 Å². The van der Waals surface area contributed by atoms with E-state index in [9.17, 15) is 0 Å². The summed E-state index contributed by atoms with van der Waals surface area (Å²) in [4.78, 5) is 0. The molecule has 0 aliphatic carbocycles. The van der Waals surface area contributed by atoms with Crippen LogP contribution in [0.4, 0.5) is 0 Å². The van der Waals surface area contributed by atoms with Crippen LogP contribution in [0.15, 0.2) is 17.8 Å². The second-order valence-corrected chi connectivity index (χ2v) is 3.61.